The lowest BCUT2D eigenvalue weighted by Crippen LogP contribution is -2.38. The molecule has 19 heavy (non-hydrogen) atoms. The minimum atomic E-state index is -3.43. The Labute approximate surface area is 115 Å². The van der Waals surface area contributed by atoms with Crippen LogP contribution in [0, 0.1) is 5.92 Å². The number of sulfonamides is 1. The standard InChI is InChI=1S/C13H23N3O2S/c1-10(11-5-3-2-4-6-11)16-19(17,18)13-7-12(8-14)15-9-13/h7,9-11,15-16H,2-6,8,14H2,1H3. The van der Waals surface area contributed by atoms with Crippen molar-refractivity contribution < 1.29 is 8.42 Å². The molecule has 0 aliphatic heterocycles. The van der Waals surface area contributed by atoms with Crippen molar-refractivity contribution in [3.63, 3.8) is 0 Å². The Morgan fingerprint density at radius 1 is 1.42 bits per heavy atom. The van der Waals surface area contributed by atoms with E-state index in [1.54, 1.807) is 6.07 Å². The molecule has 1 aliphatic carbocycles. The minimum Gasteiger partial charge on any atom is -0.363 e. The van der Waals surface area contributed by atoms with Gasteiger partial charge in [-0.2, -0.15) is 0 Å². The van der Waals surface area contributed by atoms with E-state index in [1.807, 2.05) is 6.92 Å². The van der Waals surface area contributed by atoms with Gasteiger partial charge >= 0.3 is 0 Å². The molecule has 1 saturated carbocycles. The molecule has 108 valence electrons. The summed E-state index contributed by atoms with van der Waals surface area (Å²) in [6.07, 6.45) is 7.41. The van der Waals surface area contributed by atoms with Crippen LogP contribution in [0.25, 0.3) is 0 Å². The van der Waals surface area contributed by atoms with Crippen LogP contribution >= 0.6 is 0 Å². The van der Waals surface area contributed by atoms with Gasteiger partial charge in [0.05, 0.1) is 4.90 Å². The number of hydrogen-bond acceptors (Lipinski definition) is 3. The van der Waals surface area contributed by atoms with Gasteiger partial charge in [-0.1, -0.05) is 19.3 Å². The molecule has 0 bridgehead atoms. The predicted molar refractivity (Wildman–Crippen MR) is 75.0 cm³/mol. The third-order valence-corrected chi connectivity index (χ3v) is 5.48. The molecule has 0 saturated heterocycles. The van der Waals surface area contributed by atoms with Crippen molar-refractivity contribution in [2.24, 2.45) is 11.7 Å². The number of aromatic amines is 1. The molecule has 1 fully saturated rings. The zero-order valence-electron chi connectivity index (χ0n) is 11.4. The summed E-state index contributed by atoms with van der Waals surface area (Å²) in [5.74, 6) is 0.455. The molecule has 1 aliphatic rings. The molecule has 1 aromatic rings. The Morgan fingerprint density at radius 2 is 2.11 bits per heavy atom. The second kappa shape index (κ2) is 6.07. The largest absolute Gasteiger partial charge is 0.363 e. The highest BCUT2D eigenvalue weighted by atomic mass is 32.2. The van der Waals surface area contributed by atoms with Crippen LogP contribution in [0.5, 0.6) is 0 Å². The van der Waals surface area contributed by atoms with Gasteiger partial charge in [0.25, 0.3) is 0 Å². The van der Waals surface area contributed by atoms with Crippen LogP contribution in [0.1, 0.15) is 44.7 Å². The van der Waals surface area contributed by atoms with E-state index in [9.17, 15) is 8.42 Å². The van der Waals surface area contributed by atoms with E-state index in [2.05, 4.69) is 9.71 Å². The second-order valence-corrected chi connectivity index (χ2v) is 7.09. The summed E-state index contributed by atoms with van der Waals surface area (Å²) in [6.45, 7) is 2.28. The van der Waals surface area contributed by atoms with Crippen molar-refractivity contribution in [2.75, 3.05) is 0 Å². The maximum absolute atomic E-state index is 12.2. The van der Waals surface area contributed by atoms with E-state index in [-0.39, 0.29) is 10.9 Å². The van der Waals surface area contributed by atoms with Crippen LogP contribution in [0.3, 0.4) is 0 Å². The fourth-order valence-corrected chi connectivity index (χ4v) is 4.06. The molecular weight excluding hydrogens is 262 g/mol. The quantitative estimate of drug-likeness (QED) is 0.769. The molecule has 0 aromatic carbocycles. The number of aromatic nitrogens is 1. The number of nitrogens with two attached hydrogens (primary N) is 1. The van der Waals surface area contributed by atoms with Crippen molar-refractivity contribution in [3.8, 4) is 0 Å². The van der Waals surface area contributed by atoms with Gasteiger partial charge in [-0.15, -0.1) is 0 Å². The molecule has 2 rings (SSSR count). The van der Waals surface area contributed by atoms with Gasteiger partial charge in [0.15, 0.2) is 0 Å². The minimum absolute atomic E-state index is 0.0125. The Kier molecular flexibility index (Phi) is 4.65. The van der Waals surface area contributed by atoms with E-state index < -0.39 is 10.0 Å². The monoisotopic (exact) mass is 285 g/mol. The normalized spacial score (nSPS) is 19.5. The van der Waals surface area contributed by atoms with Gasteiger partial charge in [-0.3, -0.25) is 0 Å². The third kappa shape index (κ3) is 3.58. The van der Waals surface area contributed by atoms with Crippen molar-refractivity contribution in [1.29, 1.82) is 0 Å². The maximum atomic E-state index is 12.2. The van der Waals surface area contributed by atoms with Crippen molar-refractivity contribution in [2.45, 2.75) is 56.5 Å². The highest BCUT2D eigenvalue weighted by Gasteiger charge is 2.25. The summed E-state index contributed by atoms with van der Waals surface area (Å²) in [6, 6.07) is 1.58. The van der Waals surface area contributed by atoms with Crippen LogP contribution in [0.15, 0.2) is 17.2 Å². The van der Waals surface area contributed by atoms with Gasteiger partial charge in [0, 0.05) is 24.5 Å². The smallest absolute Gasteiger partial charge is 0.242 e. The Bertz CT molecular complexity index is 504. The summed E-state index contributed by atoms with van der Waals surface area (Å²) < 4.78 is 27.3. The average Bonchev–Trinajstić information content (AvgIpc) is 2.89. The Balaban J connectivity index is 2.03. The van der Waals surface area contributed by atoms with Gasteiger partial charge < -0.3 is 10.7 Å². The Morgan fingerprint density at radius 3 is 2.68 bits per heavy atom. The van der Waals surface area contributed by atoms with Crippen LogP contribution in [0.2, 0.25) is 0 Å². The fourth-order valence-electron chi connectivity index (χ4n) is 2.74. The summed E-state index contributed by atoms with van der Waals surface area (Å²) in [7, 11) is -3.43. The SMILES string of the molecule is CC(NS(=O)(=O)c1c[nH]c(CN)c1)C1CCCCC1. The van der Waals surface area contributed by atoms with Gasteiger partial charge in [-0.05, 0) is 31.7 Å². The molecule has 1 heterocycles. The van der Waals surface area contributed by atoms with E-state index in [4.69, 9.17) is 5.73 Å². The number of rotatable bonds is 5. The zero-order chi connectivity index (χ0) is 13.9. The highest BCUT2D eigenvalue weighted by Crippen LogP contribution is 2.27. The number of H-pyrrole nitrogens is 1. The second-order valence-electron chi connectivity index (χ2n) is 5.37. The van der Waals surface area contributed by atoms with Gasteiger partial charge in [-0.25, -0.2) is 13.1 Å². The van der Waals surface area contributed by atoms with Gasteiger partial charge in [0.1, 0.15) is 0 Å². The van der Waals surface area contributed by atoms with Crippen LogP contribution in [0.4, 0.5) is 0 Å². The van der Waals surface area contributed by atoms with E-state index in [0.29, 0.717) is 12.5 Å². The first-order valence-electron chi connectivity index (χ1n) is 6.92. The van der Waals surface area contributed by atoms with Crippen molar-refractivity contribution in [1.82, 2.24) is 9.71 Å². The lowest BCUT2D eigenvalue weighted by atomic mass is 9.85. The first-order chi connectivity index (χ1) is 9.03. The lowest BCUT2D eigenvalue weighted by molar-refractivity contribution is 0.303. The third-order valence-electron chi connectivity index (χ3n) is 3.94. The molecule has 4 N–H and O–H groups in total. The van der Waals surface area contributed by atoms with Crippen molar-refractivity contribution >= 4 is 10.0 Å². The number of nitrogens with one attached hydrogen (secondary N) is 2. The maximum Gasteiger partial charge on any atom is 0.242 e. The number of hydrogen-bond donors (Lipinski definition) is 3. The van der Waals surface area contributed by atoms with Crippen LogP contribution in [-0.2, 0) is 16.6 Å². The van der Waals surface area contributed by atoms with Crippen LogP contribution in [-0.4, -0.2) is 19.4 Å². The topological polar surface area (TPSA) is 88.0 Å². The van der Waals surface area contributed by atoms with E-state index in [1.165, 1.54) is 25.5 Å². The first-order valence-corrected chi connectivity index (χ1v) is 8.41. The first kappa shape index (κ1) is 14.6. The molecule has 1 unspecified atom stereocenters. The predicted octanol–water partition coefficient (Wildman–Crippen LogP) is 1.72. The summed E-state index contributed by atoms with van der Waals surface area (Å²) in [5, 5.41) is 0. The van der Waals surface area contributed by atoms with E-state index in [0.717, 1.165) is 18.5 Å². The Hall–Kier alpha value is -0.850. The van der Waals surface area contributed by atoms with E-state index >= 15 is 0 Å². The van der Waals surface area contributed by atoms with Crippen molar-refractivity contribution in [3.05, 3.63) is 18.0 Å². The molecule has 0 spiro atoms. The highest BCUT2D eigenvalue weighted by molar-refractivity contribution is 7.89. The molecular formula is C13H23N3O2S. The zero-order valence-corrected chi connectivity index (χ0v) is 12.2. The molecule has 0 amide bonds. The average molecular weight is 285 g/mol. The van der Waals surface area contributed by atoms with Crippen LogP contribution < -0.4 is 10.5 Å². The molecule has 0 radical (unpaired) electrons. The molecule has 5 nitrogen and oxygen atoms in total. The lowest BCUT2D eigenvalue weighted by Gasteiger charge is -2.27. The molecule has 1 aromatic heterocycles. The summed E-state index contributed by atoms with van der Waals surface area (Å²) in [5.41, 5.74) is 6.21. The molecule has 6 heteroatoms. The summed E-state index contributed by atoms with van der Waals surface area (Å²) in [4.78, 5) is 3.14. The van der Waals surface area contributed by atoms with Gasteiger partial charge in [0.2, 0.25) is 10.0 Å². The molecule has 1 atom stereocenters. The summed E-state index contributed by atoms with van der Waals surface area (Å²) >= 11 is 0. The fraction of sp³-hybridized carbons (Fsp3) is 0.692.